The molecule has 0 amide bonds. The fourth-order valence-electron chi connectivity index (χ4n) is 1.05. The van der Waals surface area contributed by atoms with E-state index < -0.39 is 0 Å². The summed E-state index contributed by atoms with van der Waals surface area (Å²) in [5.74, 6) is 2.15. The lowest BCUT2D eigenvalue weighted by molar-refractivity contribution is 0.111. The minimum atomic E-state index is 0.516. The molecule has 0 bridgehead atoms. The molecule has 0 fully saturated rings. The molecule has 0 unspecified atom stereocenters. The summed E-state index contributed by atoms with van der Waals surface area (Å²) >= 11 is 5.45. The van der Waals surface area contributed by atoms with Crippen molar-refractivity contribution >= 4 is 11.6 Å². The Morgan fingerprint density at radius 2 is 1.67 bits per heavy atom. The highest BCUT2D eigenvalue weighted by atomic mass is 35.5. The lowest BCUT2D eigenvalue weighted by Crippen LogP contribution is -2.07. The lowest BCUT2D eigenvalue weighted by Gasteiger charge is -2.06. The van der Waals surface area contributed by atoms with Gasteiger partial charge in [-0.25, -0.2) is 0 Å². The van der Waals surface area contributed by atoms with Crippen LogP contribution in [0.1, 0.15) is 0 Å². The van der Waals surface area contributed by atoms with E-state index in [-0.39, 0.29) is 0 Å². The van der Waals surface area contributed by atoms with Crippen molar-refractivity contribution in [3.05, 3.63) is 24.3 Å². The second kappa shape index (κ2) is 7.37. The summed E-state index contributed by atoms with van der Waals surface area (Å²) in [5.41, 5.74) is 0. The summed E-state index contributed by atoms with van der Waals surface area (Å²) in [4.78, 5) is 0. The van der Waals surface area contributed by atoms with Crippen molar-refractivity contribution in [1.29, 1.82) is 0 Å². The van der Waals surface area contributed by atoms with Gasteiger partial charge in [0.1, 0.15) is 18.1 Å². The minimum Gasteiger partial charge on any atom is -0.497 e. The average Bonchev–Trinajstić information content (AvgIpc) is 2.30. The summed E-state index contributed by atoms with van der Waals surface area (Å²) in [6, 6.07) is 7.44. The molecule has 0 aromatic heterocycles. The monoisotopic (exact) mass is 230 g/mol. The van der Waals surface area contributed by atoms with Crippen LogP contribution < -0.4 is 9.47 Å². The van der Waals surface area contributed by atoms with Gasteiger partial charge in [0, 0.05) is 5.88 Å². The van der Waals surface area contributed by atoms with Crippen LogP contribution in [0, 0.1) is 0 Å². The highest BCUT2D eigenvalue weighted by Gasteiger charge is 1.94. The van der Waals surface area contributed by atoms with E-state index >= 15 is 0 Å². The smallest absolute Gasteiger partial charge is 0.119 e. The molecule has 0 spiro atoms. The van der Waals surface area contributed by atoms with Crippen molar-refractivity contribution in [3.8, 4) is 11.5 Å². The van der Waals surface area contributed by atoms with Crippen LogP contribution in [-0.2, 0) is 4.74 Å². The Bertz CT molecular complexity index is 261. The van der Waals surface area contributed by atoms with Gasteiger partial charge in [0.05, 0.1) is 20.3 Å². The zero-order chi connectivity index (χ0) is 10.9. The number of benzene rings is 1. The standard InChI is InChI=1S/C11H15ClO3/c1-13-10-2-4-11(5-3-10)15-9-8-14-7-6-12/h2-5H,6-9H2,1H3. The second-order valence-corrected chi connectivity index (χ2v) is 3.20. The van der Waals surface area contributed by atoms with Crippen molar-refractivity contribution in [2.24, 2.45) is 0 Å². The first-order chi connectivity index (χ1) is 7.36. The topological polar surface area (TPSA) is 27.7 Å². The molecule has 0 aliphatic carbocycles. The molecular weight excluding hydrogens is 216 g/mol. The number of alkyl halides is 1. The zero-order valence-corrected chi connectivity index (χ0v) is 9.50. The third kappa shape index (κ3) is 4.91. The van der Waals surface area contributed by atoms with Crippen molar-refractivity contribution in [2.75, 3.05) is 32.8 Å². The first-order valence-corrected chi connectivity index (χ1v) is 5.31. The van der Waals surface area contributed by atoms with Crippen LogP contribution in [0.2, 0.25) is 0 Å². The number of ether oxygens (including phenoxy) is 3. The summed E-state index contributed by atoms with van der Waals surface area (Å²) in [5, 5.41) is 0. The van der Waals surface area contributed by atoms with E-state index in [0.29, 0.717) is 25.7 Å². The Hall–Kier alpha value is -0.930. The van der Waals surface area contributed by atoms with Crippen LogP contribution >= 0.6 is 11.6 Å². The van der Waals surface area contributed by atoms with Gasteiger partial charge in [0.25, 0.3) is 0 Å². The van der Waals surface area contributed by atoms with E-state index in [0.717, 1.165) is 11.5 Å². The fourth-order valence-corrected chi connectivity index (χ4v) is 1.16. The van der Waals surface area contributed by atoms with Crippen LogP contribution in [0.3, 0.4) is 0 Å². The van der Waals surface area contributed by atoms with Crippen molar-refractivity contribution < 1.29 is 14.2 Å². The van der Waals surface area contributed by atoms with Gasteiger partial charge >= 0.3 is 0 Å². The van der Waals surface area contributed by atoms with E-state index in [4.69, 9.17) is 25.8 Å². The maximum Gasteiger partial charge on any atom is 0.119 e. The number of halogens is 1. The van der Waals surface area contributed by atoms with Gasteiger partial charge in [-0.05, 0) is 24.3 Å². The number of hydrogen-bond donors (Lipinski definition) is 0. The Kier molecular flexibility index (Phi) is 5.97. The van der Waals surface area contributed by atoms with Gasteiger partial charge in [-0.2, -0.15) is 0 Å². The molecule has 15 heavy (non-hydrogen) atoms. The number of hydrogen-bond acceptors (Lipinski definition) is 3. The van der Waals surface area contributed by atoms with Gasteiger partial charge in [0.15, 0.2) is 0 Å². The van der Waals surface area contributed by atoms with Gasteiger partial charge in [-0.15, -0.1) is 11.6 Å². The maximum absolute atomic E-state index is 5.45. The maximum atomic E-state index is 5.45. The average molecular weight is 231 g/mol. The van der Waals surface area contributed by atoms with Gasteiger partial charge < -0.3 is 14.2 Å². The molecule has 0 saturated heterocycles. The van der Waals surface area contributed by atoms with Crippen LogP contribution in [0.25, 0.3) is 0 Å². The molecule has 0 aliphatic rings. The summed E-state index contributed by atoms with van der Waals surface area (Å²) in [7, 11) is 1.63. The third-order valence-corrected chi connectivity index (χ3v) is 1.93. The van der Waals surface area contributed by atoms with Gasteiger partial charge in [-0.3, -0.25) is 0 Å². The fraction of sp³-hybridized carbons (Fsp3) is 0.455. The molecule has 0 heterocycles. The Morgan fingerprint density at radius 3 is 2.27 bits per heavy atom. The first kappa shape index (κ1) is 12.1. The van der Waals surface area contributed by atoms with Crippen molar-refractivity contribution in [3.63, 3.8) is 0 Å². The van der Waals surface area contributed by atoms with Crippen molar-refractivity contribution in [1.82, 2.24) is 0 Å². The molecule has 0 saturated carbocycles. The molecule has 0 aliphatic heterocycles. The Morgan fingerprint density at radius 1 is 1.00 bits per heavy atom. The summed E-state index contributed by atoms with van der Waals surface area (Å²) in [6.07, 6.45) is 0. The zero-order valence-electron chi connectivity index (χ0n) is 8.74. The predicted octanol–water partition coefficient (Wildman–Crippen LogP) is 2.33. The molecule has 0 N–H and O–H groups in total. The van der Waals surface area contributed by atoms with Crippen LogP contribution in [0.15, 0.2) is 24.3 Å². The molecule has 3 nitrogen and oxygen atoms in total. The van der Waals surface area contributed by atoms with E-state index in [1.807, 2.05) is 24.3 Å². The first-order valence-electron chi connectivity index (χ1n) is 4.77. The predicted molar refractivity (Wildman–Crippen MR) is 60.0 cm³/mol. The number of rotatable bonds is 7. The van der Waals surface area contributed by atoms with Gasteiger partial charge in [-0.1, -0.05) is 0 Å². The summed E-state index contributed by atoms with van der Waals surface area (Å²) in [6.45, 7) is 1.65. The van der Waals surface area contributed by atoms with Crippen LogP contribution in [0.5, 0.6) is 11.5 Å². The highest BCUT2D eigenvalue weighted by molar-refractivity contribution is 6.17. The Balaban J connectivity index is 2.20. The molecule has 0 atom stereocenters. The molecular formula is C11H15ClO3. The van der Waals surface area contributed by atoms with E-state index in [2.05, 4.69) is 0 Å². The van der Waals surface area contributed by atoms with E-state index in [1.54, 1.807) is 7.11 Å². The lowest BCUT2D eigenvalue weighted by atomic mass is 10.3. The van der Waals surface area contributed by atoms with Crippen LogP contribution in [0.4, 0.5) is 0 Å². The third-order valence-electron chi connectivity index (χ3n) is 1.78. The summed E-state index contributed by atoms with van der Waals surface area (Å²) < 4.78 is 15.6. The number of methoxy groups -OCH3 is 1. The van der Waals surface area contributed by atoms with Gasteiger partial charge in [0.2, 0.25) is 0 Å². The van der Waals surface area contributed by atoms with Crippen molar-refractivity contribution in [2.45, 2.75) is 0 Å². The molecule has 1 aromatic carbocycles. The Labute approximate surface area is 94.9 Å². The molecule has 1 aromatic rings. The largest absolute Gasteiger partial charge is 0.497 e. The molecule has 1 rings (SSSR count). The highest BCUT2D eigenvalue weighted by Crippen LogP contribution is 2.16. The van der Waals surface area contributed by atoms with E-state index in [1.165, 1.54) is 0 Å². The second-order valence-electron chi connectivity index (χ2n) is 2.83. The molecule has 0 radical (unpaired) electrons. The SMILES string of the molecule is COc1ccc(OCCOCCCl)cc1. The quantitative estimate of drug-likeness (QED) is 0.532. The normalized spacial score (nSPS) is 10.0. The van der Waals surface area contributed by atoms with Crippen LogP contribution in [-0.4, -0.2) is 32.8 Å². The molecule has 84 valence electrons. The van der Waals surface area contributed by atoms with E-state index in [9.17, 15) is 0 Å². The molecule has 4 heteroatoms. The minimum absolute atomic E-state index is 0.516.